The van der Waals surface area contributed by atoms with E-state index in [9.17, 15) is 25.5 Å². The van der Waals surface area contributed by atoms with Crippen LogP contribution < -0.4 is 9.47 Å². The van der Waals surface area contributed by atoms with Gasteiger partial charge in [0.2, 0.25) is 0 Å². The van der Waals surface area contributed by atoms with Crippen LogP contribution in [-0.2, 0) is 6.61 Å². The van der Waals surface area contributed by atoms with Crippen LogP contribution in [-0.4, -0.2) is 17.0 Å². The maximum atomic E-state index is 10.8. The topological polar surface area (TPSA) is 129 Å². The molecule has 9 nitrogen and oxygen atoms in total. The third-order valence-corrected chi connectivity index (χ3v) is 5.19. The van der Waals surface area contributed by atoms with Crippen LogP contribution in [0.3, 0.4) is 0 Å². The Kier molecular flexibility index (Phi) is 7.38. The largest absolute Gasteiger partial charge is 0.493 e. The number of benzene rings is 3. The van der Waals surface area contributed by atoms with Crippen molar-refractivity contribution in [2.75, 3.05) is 7.11 Å². The lowest BCUT2D eigenvalue weighted by molar-refractivity contribution is -0.385. The van der Waals surface area contributed by atoms with Crippen LogP contribution in [0.2, 0.25) is 0 Å². The van der Waals surface area contributed by atoms with E-state index in [1.807, 2.05) is 0 Å². The average Bonchev–Trinajstić information content (AvgIpc) is 2.81. The Bertz CT molecular complexity index is 1270. The number of ether oxygens (including phenoxy) is 2. The van der Waals surface area contributed by atoms with E-state index < -0.39 is 9.85 Å². The van der Waals surface area contributed by atoms with Crippen molar-refractivity contribution < 1.29 is 19.3 Å². The quantitative estimate of drug-likeness (QED) is 0.159. The van der Waals surface area contributed by atoms with Gasteiger partial charge < -0.3 is 9.47 Å². The monoisotopic (exact) mass is 509 g/mol. The number of nitro benzene ring substituents is 2. The summed E-state index contributed by atoms with van der Waals surface area (Å²) in [6.45, 7) is 0.161. The molecular weight excluding hydrogens is 494 g/mol. The van der Waals surface area contributed by atoms with Gasteiger partial charge in [0.15, 0.2) is 11.5 Å². The van der Waals surface area contributed by atoms with E-state index in [-0.39, 0.29) is 18.0 Å². The number of halogens is 1. The third-order valence-electron chi connectivity index (χ3n) is 4.60. The van der Waals surface area contributed by atoms with E-state index in [2.05, 4.69) is 22.0 Å². The number of hydrogen-bond acceptors (Lipinski definition) is 7. The first-order valence-corrected chi connectivity index (χ1v) is 10.2. The smallest absolute Gasteiger partial charge is 0.269 e. The van der Waals surface area contributed by atoms with Gasteiger partial charge in [0.1, 0.15) is 6.61 Å². The first kappa shape index (κ1) is 23.4. The number of allylic oxidation sites excluding steroid dienone is 1. The molecule has 0 saturated carbocycles. The Morgan fingerprint density at radius 2 is 1.61 bits per heavy atom. The van der Waals surface area contributed by atoms with E-state index >= 15 is 0 Å². The molecule has 166 valence electrons. The van der Waals surface area contributed by atoms with E-state index in [1.165, 1.54) is 43.5 Å². The van der Waals surface area contributed by atoms with E-state index in [4.69, 9.17) is 9.47 Å². The van der Waals surface area contributed by atoms with Gasteiger partial charge in [-0.25, -0.2) is 0 Å². The third kappa shape index (κ3) is 5.72. The second-order valence-corrected chi connectivity index (χ2v) is 7.57. The Hall–Kier alpha value is -4.23. The second kappa shape index (κ2) is 10.4. The van der Waals surface area contributed by atoms with Gasteiger partial charge in [-0.05, 0) is 75.1 Å². The van der Waals surface area contributed by atoms with Crippen molar-refractivity contribution in [1.29, 1.82) is 5.26 Å². The maximum Gasteiger partial charge on any atom is 0.269 e. The van der Waals surface area contributed by atoms with Gasteiger partial charge in [-0.2, -0.15) is 5.26 Å². The molecule has 0 amide bonds. The lowest BCUT2D eigenvalue weighted by atomic mass is 10.0. The number of methoxy groups -OCH3 is 1. The summed E-state index contributed by atoms with van der Waals surface area (Å²) < 4.78 is 11.9. The van der Waals surface area contributed by atoms with Gasteiger partial charge in [-0.1, -0.05) is 0 Å². The van der Waals surface area contributed by atoms with Crippen LogP contribution in [0.25, 0.3) is 11.6 Å². The molecule has 0 bridgehead atoms. The second-order valence-electron chi connectivity index (χ2n) is 6.72. The lowest BCUT2D eigenvalue weighted by Gasteiger charge is -2.14. The molecule has 33 heavy (non-hydrogen) atoms. The van der Waals surface area contributed by atoms with Crippen LogP contribution in [0.15, 0.2) is 65.1 Å². The molecule has 0 aliphatic carbocycles. The first-order valence-electron chi connectivity index (χ1n) is 9.42. The number of hydrogen-bond donors (Lipinski definition) is 0. The zero-order valence-corrected chi connectivity index (χ0v) is 18.8. The summed E-state index contributed by atoms with van der Waals surface area (Å²) in [5.74, 6) is 0.848. The standard InChI is InChI=1S/C23H16BrN3O6/c1-32-22-12-16(10-18(13-25)17-4-8-20(9-5-17)27(30)31)11-21(24)23(22)33-14-15-2-6-19(7-3-15)26(28)29/h2-12H,14H2,1H3/b18-10-. The minimum absolute atomic E-state index is 0.00466. The molecule has 0 aliphatic heterocycles. The molecule has 0 N–H and O–H groups in total. The molecule has 0 unspecified atom stereocenters. The predicted molar refractivity (Wildman–Crippen MR) is 125 cm³/mol. The van der Waals surface area contributed by atoms with Crippen molar-refractivity contribution in [3.63, 3.8) is 0 Å². The highest BCUT2D eigenvalue weighted by Gasteiger charge is 2.13. The summed E-state index contributed by atoms with van der Waals surface area (Å²) in [5, 5.41) is 31.2. The first-order chi connectivity index (χ1) is 15.8. The molecule has 3 aromatic rings. The molecule has 0 heterocycles. The van der Waals surface area contributed by atoms with Gasteiger partial charge >= 0.3 is 0 Å². The zero-order valence-electron chi connectivity index (χ0n) is 17.2. The molecule has 0 saturated heterocycles. The van der Waals surface area contributed by atoms with Gasteiger partial charge in [0, 0.05) is 24.3 Å². The minimum Gasteiger partial charge on any atom is -0.493 e. The highest BCUT2D eigenvalue weighted by atomic mass is 79.9. The molecule has 0 spiro atoms. The number of nitrogens with zero attached hydrogens (tertiary/aromatic N) is 3. The van der Waals surface area contributed by atoms with E-state index in [0.29, 0.717) is 32.7 Å². The Morgan fingerprint density at radius 3 is 2.12 bits per heavy atom. The van der Waals surface area contributed by atoms with Gasteiger partial charge in [0.25, 0.3) is 11.4 Å². The van der Waals surface area contributed by atoms with Gasteiger partial charge in [-0.3, -0.25) is 20.2 Å². The fourth-order valence-electron chi connectivity index (χ4n) is 2.94. The summed E-state index contributed by atoms with van der Waals surface area (Å²) in [5.41, 5.74) is 2.18. The zero-order chi connectivity index (χ0) is 24.0. The molecule has 0 fully saturated rings. The van der Waals surface area contributed by atoms with Crippen molar-refractivity contribution in [1.82, 2.24) is 0 Å². The van der Waals surface area contributed by atoms with Crippen molar-refractivity contribution in [3.05, 3.63) is 102 Å². The molecule has 3 aromatic carbocycles. The number of nitriles is 1. The number of rotatable bonds is 8. The summed E-state index contributed by atoms with van der Waals surface area (Å²) in [6, 6.07) is 17.3. The number of nitro groups is 2. The molecule has 10 heteroatoms. The fourth-order valence-corrected chi connectivity index (χ4v) is 3.52. The highest BCUT2D eigenvalue weighted by molar-refractivity contribution is 9.10. The van der Waals surface area contributed by atoms with Crippen LogP contribution in [0.4, 0.5) is 11.4 Å². The number of non-ortho nitro benzene ring substituents is 2. The Morgan fingerprint density at radius 1 is 1.03 bits per heavy atom. The predicted octanol–water partition coefficient (Wildman–Crippen LogP) is 5.92. The summed E-state index contributed by atoms with van der Waals surface area (Å²) >= 11 is 3.46. The summed E-state index contributed by atoms with van der Waals surface area (Å²) in [7, 11) is 1.48. The fraction of sp³-hybridized carbons (Fsp3) is 0.0870. The normalized spacial score (nSPS) is 10.9. The van der Waals surface area contributed by atoms with Gasteiger partial charge in [0.05, 0.1) is 33.1 Å². The molecule has 0 radical (unpaired) electrons. The van der Waals surface area contributed by atoms with Crippen LogP contribution in [0, 0.1) is 31.6 Å². The van der Waals surface area contributed by atoms with Crippen molar-refractivity contribution in [2.45, 2.75) is 6.61 Å². The van der Waals surface area contributed by atoms with Crippen molar-refractivity contribution >= 4 is 39.0 Å². The van der Waals surface area contributed by atoms with E-state index in [0.717, 1.165) is 5.56 Å². The highest BCUT2D eigenvalue weighted by Crippen LogP contribution is 2.38. The molecule has 0 atom stereocenters. The SMILES string of the molecule is COc1cc(/C=C(/C#N)c2ccc([N+](=O)[O-])cc2)cc(Br)c1OCc1ccc([N+](=O)[O-])cc1. The molecule has 3 rings (SSSR count). The minimum atomic E-state index is -0.503. The van der Waals surface area contributed by atoms with Crippen LogP contribution in [0.1, 0.15) is 16.7 Å². The van der Waals surface area contributed by atoms with Crippen LogP contribution in [0.5, 0.6) is 11.5 Å². The Labute approximate surface area is 196 Å². The molecule has 0 aliphatic rings. The average molecular weight is 510 g/mol. The lowest BCUT2D eigenvalue weighted by Crippen LogP contribution is -1.99. The molecule has 0 aromatic heterocycles. The molecular formula is C23H16BrN3O6. The maximum absolute atomic E-state index is 10.8. The van der Waals surface area contributed by atoms with E-state index in [1.54, 1.807) is 30.3 Å². The van der Waals surface area contributed by atoms with Crippen LogP contribution >= 0.6 is 15.9 Å². The summed E-state index contributed by atoms with van der Waals surface area (Å²) in [6.07, 6.45) is 1.63. The van der Waals surface area contributed by atoms with Crippen molar-refractivity contribution in [3.8, 4) is 17.6 Å². The summed E-state index contributed by atoms with van der Waals surface area (Å²) in [4.78, 5) is 20.6. The Balaban J connectivity index is 1.84. The van der Waals surface area contributed by atoms with Gasteiger partial charge in [-0.15, -0.1) is 0 Å². The van der Waals surface area contributed by atoms with Crippen molar-refractivity contribution in [2.24, 2.45) is 0 Å².